The molecule has 21 heavy (non-hydrogen) atoms. The highest BCUT2D eigenvalue weighted by Crippen LogP contribution is 2.40. The topological polar surface area (TPSA) is 24.4 Å². The predicted molar refractivity (Wildman–Crippen MR) is 92.7 cm³/mol. The fourth-order valence-corrected chi connectivity index (χ4v) is 4.55. The van der Waals surface area contributed by atoms with Crippen molar-refractivity contribution >= 4 is 6.21 Å². The molecular formula is C19H36N2. The SMILES string of the molecule is C/C=N\C(NC1CCCCC1C)C1CC(C)C(C)CC1C. The molecule has 0 aliphatic heterocycles. The summed E-state index contributed by atoms with van der Waals surface area (Å²) in [6.07, 6.45) is 10.6. The minimum absolute atomic E-state index is 0.338. The maximum absolute atomic E-state index is 4.85. The fraction of sp³-hybridized carbons (Fsp3) is 0.947. The van der Waals surface area contributed by atoms with Gasteiger partial charge < -0.3 is 0 Å². The zero-order valence-electron chi connectivity index (χ0n) is 14.8. The van der Waals surface area contributed by atoms with Crippen molar-refractivity contribution in [2.45, 2.75) is 85.4 Å². The van der Waals surface area contributed by atoms with Gasteiger partial charge in [-0.15, -0.1) is 0 Å². The normalized spacial score (nSPS) is 43.1. The molecule has 0 bridgehead atoms. The maximum atomic E-state index is 4.85. The van der Waals surface area contributed by atoms with Gasteiger partial charge in [-0.1, -0.05) is 40.5 Å². The van der Waals surface area contributed by atoms with Crippen LogP contribution in [0, 0.1) is 29.6 Å². The third-order valence-corrected chi connectivity index (χ3v) is 6.30. The summed E-state index contributed by atoms with van der Waals surface area (Å²) < 4.78 is 0. The Labute approximate surface area is 132 Å². The second kappa shape index (κ2) is 7.76. The van der Waals surface area contributed by atoms with Crippen LogP contribution in [0.1, 0.15) is 73.1 Å². The fourth-order valence-electron chi connectivity index (χ4n) is 4.55. The average Bonchev–Trinajstić information content (AvgIpc) is 2.45. The summed E-state index contributed by atoms with van der Waals surface area (Å²) in [4.78, 5) is 4.85. The molecule has 2 fully saturated rings. The van der Waals surface area contributed by atoms with Gasteiger partial charge in [-0.05, 0) is 68.4 Å². The van der Waals surface area contributed by atoms with E-state index in [9.17, 15) is 0 Å². The van der Waals surface area contributed by atoms with Crippen LogP contribution in [-0.2, 0) is 0 Å². The lowest BCUT2D eigenvalue weighted by atomic mass is 9.69. The zero-order chi connectivity index (χ0) is 15.4. The van der Waals surface area contributed by atoms with E-state index in [1.807, 2.05) is 6.21 Å². The average molecular weight is 293 g/mol. The Morgan fingerprint density at radius 2 is 1.57 bits per heavy atom. The molecule has 2 heteroatoms. The van der Waals surface area contributed by atoms with Gasteiger partial charge in [0.05, 0.1) is 0 Å². The first-order valence-electron chi connectivity index (χ1n) is 9.26. The molecule has 7 unspecified atom stereocenters. The minimum Gasteiger partial charge on any atom is -0.292 e. The Hall–Kier alpha value is -0.370. The van der Waals surface area contributed by atoms with Gasteiger partial charge in [0.25, 0.3) is 0 Å². The summed E-state index contributed by atoms with van der Waals surface area (Å²) in [5.74, 6) is 4.02. The number of nitrogens with zero attached hydrogens (tertiary/aromatic N) is 1. The van der Waals surface area contributed by atoms with Crippen LogP contribution in [0.15, 0.2) is 4.99 Å². The molecule has 2 nitrogen and oxygen atoms in total. The van der Waals surface area contributed by atoms with E-state index >= 15 is 0 Å². The molecule has 1 N–H and O–H groups in total. The quantitative estimate of drug-likeness (QED) is 0.733. The summed E-state index contributed by atoms with van der Waals surface area (Å²) in [5, 5.41) is 3.94. The van der Waals surface area contributed by atoms with Gasteiger partial charge in [0.15, 0.2) is 0 Å². The molecule has 0 aromatic rings. The van der Waals surface area contributed by atoms with E-state index in [4.69, 9.17) is 4.99 Å². The minimum atomic E-state index is 0.338. The highest BCUT2D eigenvalue weighted by atomic mass is 15.1. The molecule has 2 aliphatic rings. The Kier molecular flexibility index (Phi) is 6.28. The molecular weight excluding hydrogens is 256 g/mol. The van der Waals surface area contributed by atoms with Crippen molar-refractivity contribution in [2.75, 3.05) is 0 Å². The summed E-state index contributed by atoms with van der Waals surface area (Å²) in [7, 11) is 0. The lowest BCUT2D eigenvalue weighted by Crippen LogP contribution is -2.49. The van der Waals surface area contributed by atoms with E-state index in [0.717, 1.165) is 23.7 Å². The smallest absolute Gasteiger partial charge is 0.102 e. The molecule has 2 saturated carbocycles. The van der Waals surface area contributed by atoms with E-state index < -0.39 is 0 Å². The van der Waals surface area contributed by atoms with Gasteiger partial charge in [-0.25, -0.2) is 0 Å². The van der Waals surface area contributed by atoms with Crippen molar-refractivity contribution < 1.29 is 0 Å². The van der Waals surface area contributed by atoms with Crippen LogP contribution in [0.5, 0.6) is 0 Å². The van der Waals surface area contributed by atoms with Gasteiger partial charge in [-0.2, -0.15) is 0 Å². The molecule has 0 saturated heterocycles. The summed E-state index contributed by atoms with van der Waals surface area (Å²) in [6.45, 7) is 11.8. The number of nitrogens with one attached hydrogen (secondary N) is 1. The molecule has 0 radical (unpaired) electrons. The van der Waals surface area contributed by atoms with Crippen LogP contribution in [0.4, 0.5) is 0 Å². The second-order valence-corrected chi connectivity index (χ2v) is 7.95. The monoisotopic (exact) mass is 292 g/mol. The first-order valence-corrected chi connectivity index (χ1v) is 9.26. The lowest BCUT2D eigenvalue weighted by molar-refractivity contribution is 0.101. The van der Waals surface area contributed by atoms with E-state index in [0.29, 0.717) is 18.1 Å². The van der Waals surface area contributed by atoms with E-state index in [2.05, 4.69) is 39.9 Å². The Balaban J connectivity index is 2.03. The molecule has 2 rings (SSSR count). The maximum Gasteiger partial charge on any atom is 0.102 e. The number of aliphatic imine (C=N–C) groups is 1. The Bertz CT molecular complexity index is 338. The van der Waals surface area contributed by atoms with E-state index in [1.165, 1.54) is 38.5 Å². The first-order chi connectivity index (χ1) is 10.0. The highest BCUT2D eigenvalue weighted by molar-refractivity contribution is 5.53. The number of hydrogen-bond donors (Lipinski definition) is 1. The van der Waals surface area contributed by atoms with Gasteiger partial charge in [-0.3, -0.25) is 10.3 Å². The molecule has 0 spiro atoms. The largest absolute Gasteiger partial charge is 0.292 e. The molecule has 0 aromatic heterocycles. The molecule has 0 amide bonds. The third-order valence-electron chi connectivity index (χ3n) is 6.30. The van der Waals surface area contributed by atoms with Gasteiger partial charge in [0, 0.05) is 6.04 Å². The highest BCUT2D eigenvalue weighted by Gasteiger charge is 2.36. The third kappa shape index (κ3) is 4.31. The van der Waals surface area contributed by atoms with Gasteiger partial charge in [0.2, 0.25) is 0 Å². The van der Waals surface area contributed by atoms with Crippen molar-refractivity contribution in [2.24, 2.45) is 34.6 Å². The predicted octanol–water partition coefficient (Wildman–Crippen LogP) is 4.89. The molecule has 122 valence electrons. The van der Waals surface area contributed by atoms with Crippen LogP contribution in [0.3, 0.4) is 0 Å². The summed E-state index contributed by atoms with van der Waals surface area (Å²) >= 11 is 0. The van der Waals surface area contributed by atoms with Crippen LogP contribution in [0.2, 0.25) is 0 Å². The van der Waals surface area contributed by atoms with Crippen LogP contribution in [-0.4, -0.2) is 18.4 Å². The van der Waals surface area contributed by atoms with Gasteiger partial charge >= 0.3 is 0 Å². The number of rotatable bonds is 4. The van der Waals surface area contributed by atoms with Crippen molar-refractivity contribution in [3.8, 4) is 0 Å². The summed E-state index contributed by atoms with van der Waals surface area (Å²) in [5.41, 5.74) is 0. The van der Waals surface area contributed by atoms with Crippen molar-refractivity contribution in [1.29, 1.82) is 0 Å². The second-order valence-electron chi connectivity index (χ2n) is 7.95. The Morgan fingerprint density at radius 3 is 2.24 bits per heavy atom. The number of hydrogen-bond acceptors (Lipinski definition) is 2. The van der Waals surface area contributed by atoms with Crippen molar-refractivity contribution in [3.63, 3.8) is 0 Å². The van der Waals surface area contributed by atoms with Crippen molar-refractivity contribution in [1.82, 2.24) is 5.32 Å². The summed E-state index contributed by atoms with van der Waals surface area (Å²) in [6, 6.07) is 0.675. The van der Waals surface area contributed by atoms with E-state index in [1.54, 1.807) is 0 Å². The molecule has 0 heterocycles. The van der Waals surface area contributed by atoms with E-state index in [-0.39, 0.29) is 0 Å². The van der Waals surface area contributed by atoms with Crippen LogP contribution >= 0.6 is 0 Å². The van der Waals surface area contributed by atoms with Crippen LogP contribution < -0.4 is 5.32 Å². The zero-order valence-corrected chi connectivity index (χ0v) is 14.8. The molecule has 2 aliphatic carbocycles. The molecule has 7 atom stereocenters. The van der Waals surface area contributed by atoms with Crippen LogP contribution in [0.25, 0.3) is 0 Å². The molecule has 0 aromatic carbocycles. The lowest BCUT2D eigenvalue weighted by Gasteiger charge is -2.42. The van der Waals surface area contributed by atoms with Crippen molar-refractivity contribution in [3.05, 3.63) is 0 Å². The van der Waals surface area contributed by atoms with Gasteiger partial charge in [0.1, 0.15) is 6.17 Å². The Morgan fingerprint density at radius 1 is 0.905 bits per heavy atom. The standard InChI is InChI=1S/C19H36N2/c1-6-20-19(21-18-10-8-7-9-13(18)2)17-12-15(4)14(3)11-16(17)5/h6,13-19,21H,7-12H2,1-5H3/b20-6-. The first kappa shape index (κ1) is 17.0.